The minimum atomic E-state index is -1.09. The van der Waals surface area contributed by atoms with E-state index in [4.69, 9.17) is 9.52 Å². The monoisotopic (exact) mass is 165 g/mol. The van der Waals surface area contributed by atoms with Crippen molar-refractivity contribution < 1.29 is 14.3 Å². The minimum Gasteiger partial charge on any atom is -0.477 e. The first-order valence-electron chi connectivity index (χ1n) is 3.14. The van der Waals surface area contributed by atoms with E-state index in [1.807, 2.05) is 0 Å². The predicted molar refractivity (Wildman–Crippen MR) is 45.0 cm³/mol. The van der Waals surface area contributed by atoms with Gasteiger partial charge in [0.25, 0.3) is 0 Å². The number of carboxylic acids is 1. The van der Waals surface area contributed by atoms with Gasteiger partial charge in [0, 0.05) is 0 Å². The molecule has 1 aromatic heterocycles. The molecule has 0 bridgehead atoms. The van der Waals surface area contributed by atoms with E-state index in [1.54, 1.807) is 0 Å². The second-order valence-corrected chi connectivity index (χ2v) is 2.03. The van der Waals surface area contributed by atoms with Crippen LogP contribution < -0.4 is 0 Å². The van der Waals surface area contributed by atoms with Crippen LogP contribution in [-0.2, 0) is 0 Å². The fraction of sp³-hybridized carbons (Fsp3) is 0. The number of nitrogens with zero attached hydrogens (tertiary/aromatic N) is 1. The van der Waals surface area contributed by atoms with Gasteiger partial charge in [-0.25, -0.2) is 4.79 Å². The van der Waals surface area contributed by atoms with E-state index < -0.39 is 5.97 Å². The van der Waals surface area contributed by atoms with Gasteiger partial charge in [0.1, 0.15) is 17.5 Å². The van der Waals surface area contributed by atoms with Crippen LogP contribution in [0.5, 0.6) is 0 Å². The highest BCUT2D eigenvalue weighted by Crippen LogP contribution is 2.26. The minimum absolute atomic E-state index is 0.0000926. The second kappa shape index (κ2) is 3.04. The number of carbonyl (C=O) groups is 1. The zero-order valence-electron chi connectivity index (χ0n) is 6.28. The quantitative estimate of drug-likeness (QED) is 0.696. The van der Waals surface area contributed by atoms with Crippen molar-refractivity contribution >= 4 is 24.5 Å². The van der Waals surface area contributed by atoms with Crippen molar-refractivity contribution in [2.45, 2.75) is 0 Å². The van der Waals surface area contributed by atoms with Gasteiger partial charge in [-0.2, -0.15) is 0 Å². The molecule has 1 aromatic rings. The van der Waals surface area contributed by atoms with E-state index in [0.29, 0.717) is 5.76 Å². The van der Waals surface area contributed by atoms with Crippen molar-refractivity contribution in [3.05, 3.63) is 24.2 Å². The molecule has 12 heavy (non-hydrogen) atoms. The van der Waals surface area contributed by atoms with Crippen LogP contribution in [0.3, 0.4) is 0 Å². The molecule has 4 heteroatoms. The van der Waals surface area contributed by atoms with Crippen LogP contribution in [0, 0.1) is 0 Å². The van der Waals surface area contributed by atoms with Crippen molar-refractivity contribution in [1.29, 1.82) is 0 Å². The third kappa shape index (κ3) is 1.14. The molecule has 0 radical (unpaired) electrons. The number of hydrogen-bond donors (Lipinski definition) is 1. The maximum Gasteiger partial charge on any atom is 0.341 e. The van der Waals surface area contributed by atoms with Crippen LogP contribution in [0.4, 0.5) is 5.69 Å². The first kappa shape index (κ1) is 8.26. The molecular formula is C8H7NO3. The molecule has 0 saturated carbocycles. The average Bonchev–Trinajstić information content (AvgIpc) is 2.46. The Balaban J connectivity index is 3.31. The Morgan fingerprint density at radius 3 is 2.83 bits per heavy atom. The summed E-state index contributed by atoms with van der Waals surface area (Å²) in [5.74, 6) is -0.767. The summed E-state index contributed by atoms with van der Waals surface area (Å²) < 4.78 is 4.86. The Hall–Kier alpha value is -1.84. The molecule has 0 fully saturated rings. The van der Waals surface area contributed by atoms with Gasteiger partial charge >= 0.3 is 5.97 Å². The van der Waals surface area contributed by atoms with Gasteiger partial charge < -0.3 is 9.52 Å². The summed E-state index contributed by atoms with van der Waals surface area (Å²) >= 11 is 0. The van der Waals surface area contributed by atoms with E-state index in [0.717, 1.165) is 6.26 Å². The Morgan fingerprint density at radius 1 is 1.75 bits per heavy atom. The number of aromatic carboxylic acids is 1. The highest BCUT2D eigenvalue weighted by molar-refractivity contribution is 5.95. The van der Waals surface area contributed by atoms with Gasteiger partial charge in [0.2, 0.25) is 0 Å². The van der Waals surface area contributed by atoms with Crippen LogP contribution in [-0.4, -0.2) is 17.8 Å². The summed E-state index contributed by atoms with van der Waals surface area (Å²) in [7, 11) is 0. The Labute approximate surface area is 68.8 Å². The molecule has 4 nitrogen and oxygen atoms in total. The van der Waals surface area contributed by atoms with Gasteiger partial charge in [0.15, 0.2) is 5.76 Å². The van der Waals surface area contributed by atoms with E-state index in [2.05, 4.69) is 18.3 Å². The van der Waals surface area contributed by atoms with Gasteiger partial charge in [-0.15, -0.1) is 0 Å². The van der Waals surface area contributed by atoms with Crippen LogP contribution >= 0.6 is 0 Å². The predicted octanol–water partition coefficient (Wildman–Crippen LogP) is 1.95. The first-order chi connectivity index (χ1) is 5.70. The molecule has 0 saturated heterocycles. The highest BCUT2D eigenvalue weighted by atomic mass is 16.4. The largest absolute Gasteiger partial charge is 0.477 e. The molecule has 0 aliphatic carbocycles. The molecule has 1 rings (SSSR count). The van der Waals surface area contributed by atoms with E-state index >= 15 is 0 Å². The van der Waals surface area contributed by atoms with Gasteiger partial charge in [-0.05, 0) is 12.8 Å². The summed E-state index contributed by atoms with van der Waals surface area (Å²) in [6.07, 6.45) is 2.50. The lowest BCUT2D eigenvalue weighted by atomic mass is 10.2. The lowest BCUT2D eigenvalue weighted by Gasteiger charge is -1.89. The summed E-state index contributed by atoms with van der Waals surface area (Å²) in [6.45, 7) is 6.67. The zero-order chi connectivity index (χ0) is 9.14. The summed E-state index contributed by atoms with van der Waals surface area (Å²) in [5, 5.41) is 8.62. The van der Waals surface area contributed by atoms with E-state index in [-0.39, 0.29) is 11.3 Å². The third-order valence-electron chi connectivity index (χ3n) is 1.37. The van der Waals surface area contributed by atoms with Crippen molar-refractivity contribution in [1.82, 2.24) is 0 Å². The molecule has 0 aliphatic rings. The summed E-state index contributed by atoms with van der Waals surface area (Å²) in [5.41, 5.74) is 0.220. The molecule has 1 heterocycles. The molecule has 62 valence electrons. The number of carboxylic acid groups (broad SMARTS) is 1. The Kier molecular flexibility index (Phi) is 2.09. The third-order valence-corrected chi connectivity index (χ3v) is 1.37. The van der Waals surface area contributed by atoms with Crippen LogP contribution in [0.25, 0.3) is 6.08 Å². The molecule has 0 aliphatic heterocycles. The van der Waals surface area contributed by atoms with E-state index in [1.165, 1.54) is 6.08 Å². The van der Waals surface area contributed by atoms with E-state index in [9.17, 15) is 4.79 Å². The van der Waals surface area contributed by atoms with Gasteiger partial charge in [0.05, 0.1) is 0 Å². The van der Waals surface area contributed by atoms with Crippen molar-refractivity contribution in [2.75, 3.05) is 0 Å². The van der Waals surface area contributed by atoms with Crippen molar-refractivity contribution in [3.63, 3.8) is 0 Å². The zero-order valence-corrected chi connectivity index (χ0v) is 6.28. The second-order valence-electron chi connectivity index (χ2n) is 2.03. The molecule has 0 unspecified atom stereocenters. The molecule has 0 amide bonds. The van der Waals surface area contributed by atoms with Crippen LogP contribution in [0.15, 0.2) is 22.3 Å². The smallest absolute Gasteiger partial charge is 0.341 e. The topological polar surface area (TPSA) is 62.8 Å². The maximum absolute atomic E-state index is 10.5. The maximum atomic E-state index is 10.5. The van der Waals surface area contributed by atoms with Crippen LogP contribution in [0.2, 0.25) is 0 Å². The van der Waals surface area contributed by atoms with Crippen LogP contribution in [0.1, 0.15) is 16.1 Å². The number of furan rings is 1. The standard InChI is InChI=1S/C8H7NO3/c1-3-6-7(9-2)5(4-12-6)8(10)11/h3-4H,1-2H2,(H,10,11). The Morgan fingerprint density at radius 2 is 2.42 bits per heavy atom. The summed E-state index contributed by atoms with van der Waals surface area (Å²) in [4.78, 5) is 14.1. The molecule has 0 spiro atoms. The highest BCUT2D eigenvalue weighted by Gasteiger charge is 2.15. The fourth-order valence-corrected chi connectivity index (χ4v) is 0.826. The van der Waals surface area contributed by atoms with Crippen molar-refractivity contribution in [3.8, 4) is 0 Å². The molecule has 0 atom stereocenters. The number of hydrogen-bond acceptors (Lipinski definition) is 3. The SMILES string of the molecule is C=Cc1occ(C(=O)O)c1N=C. The molecular weight excluding hydrogens is 158 g/mol. The lowest BCUT2D eigenvalue weighted by molar-refractivity contribution is 0.0697. The van der Waals surface area contributed by atoms with Crippen molar-refractivity contribution in [2.24, 2.45) is 4.99 Å². The fourth-order valence-electron chi connectivity index (χ4n) is 0.826. The normalized spacial score (nSPS) is 9.33. The van der Waals surface area contributed by atoms with Gasteiger partial charge in [-0.3, -0.25) is 4.99 Å². The molecule has 0 aromatic carbocycles. The summed E-state index contributed by atoms with van der Waals surface area (Å²) in [6, 6.07) is 0. The number of rotatable bonds is 3. The average molecular weight is 165 g/mol. The first-order valence-corrected chi connectivity index (χ1v) is 3.14. The number of aliphatic imine (C=N–C) groups is 1. The molecule has 1 N–H and O–H groups in total. The Bertz CT molecular complexity index is 338. The lowest BCUT2D eigenvalue weighted by Crippen LogP contribution is -1.92. The van der Waals surface area contributed by atoms with Gasteiger partial charge in [-0.1, -0.05) is 6.58 Å².